The average Bonchev–Trinajstić information content (AvgIpc) is 3.29. The number of carbonyl (C=O) groups is 1. The molecule has 196 valence electrons. The Hall–Kier alpha value is -3.61. The Labute approximate surface area is 229 Å². The van der Waals surface area contributed by atoms with Crippen LogP contribution in [0, 0.1) is 0 Å². The smallest absolute Gasteiger partial charge is 0.254 e. The van der Waals surface area contributed by atoms with Crippen molar-refractivity contribution in [3.8, 4) is 11.4 Å². The van der Waals surface area contributed by atoms with E-state index in [0.717, 1.165) is 43.2 Å². The number of nitrogens with zero attached hydrogens (tertiary/aromatic N) is 4. The van der Waals surface area contributed by atoms with E-state index in [1.54, 1.807) is 19.2 Å². The van der Waals surface area contributed by atoms with Crippen molar-refractivity contribution in [2.24, 2.45) is 0 Å². The molecular weight excluding hydrogens is 496 g/mol. The molecular formula is C31H33ClN4O2. The van der Waals surface area contributed by atoms with Crippen LogP contribution in [0.4, 0.5) is 0 Å². The van der Waals surface area contributed by atoms with Crippen molar-refractivity contribution in [2.45, 2.75) is 45.9 Å². The van der Waals surface area contributed by atoms with Crippen molar-refractivity contribution in [3.05, 3.63) is 112 Å². The molecule has 4 aromatic rings. The number of aromatic nitrogens is 2. The summed E-state index contributed by atoms with van der Waals surface area (Å²) in [6, 6.07) is 25.6. The third-order valence-corrected chi connectivity index (χ3v) is 7.29. The Morgan fingerprint density at radius 2 is 1.82 bits per heavy atom. The fourth-order valence-corrected chi connectivity index (χ4v) is 5.28. The molecule has 7 heteroatoms. The van der Waals surface area contributed by atoms with E-state index in [2.05, 4.69) is 29.2 Å². The minimum atomic E-state index is -0.0555. The minimum absolute atomic E-state index is 0.0162. The summed E-state index contributed by atoms with van der Waals surface area (Å²) in [5, 5.41) is 5.67. The largest absolute Gasteiger partial charge is 0.494 e. The molecule has 0 saturated carbocycles. The molecule has 2 heterocycles. The molecule has 0 N–H and O–H groups in total. The third-order valence-electron chi connectivity index (χ3n) is 7.06. The number of carbonyl (C=O) groups excluding carboxylic acids is 1. The number of methoxy groups -OCH3 is 1. The van der Waals surface area contributed by atoms with Crippen molar-refractivity contribution >= 4 is 17.5 Å². The van der Waals surface area contributed by atoms with Crippen molar-refractivity contribution < 1.29 is 9.53 Å². The minimum Gasteiger partial charge on any atom is -0.494 e. The molecule has 0 aliphatic carbocycles. The van der Waals surface area contributed by atoms with Crippen LogP contribution < -0.4 is 4.74 Å². The van der Waals surface area contributed by atoms with E-state index >= 15 is 0 Å². The van der Waals surface area contributed by atoms with Gasteiger partial charge in [-0.05, 0) is 49.7 Å². The number of benzene rings is 3. The standard InChI is InChI=1S/C31H33ClN4O2/c1-22(2)35(31(37)24-12-9-13-25(32)18-24)21-27-26-20-34(19-23-10-5-4-6-11-23)17-16-28(26)36(33-27)29-14-7-8-15-30(29)38-3/h4-15,18,22H,16-17,19-21H2,1-3H3. The van der Waals surface area contributed by atoms with Gasteiger partial charge in [0.2, 0.25) is 0 Å². The highest BCUT2D eigenvalue weighted by atomic mass is 35.5. The number of rotatable bonds is 8. The number of hydrogen-bond acceptors (Lipinski definition) is 4. The van der Waals surface area contributed by atoms with E-state index in [4.69, 9.17) is 21.4 Å². The summed E-state index contributed by atoms with van der Waals surface area (Å²) in [5.41, 5.74) is 6.04. The van der Waals surface area contributed by atoms with Gasteiger partial charge in [-0.1, -0.05) is 60.1 Å². The zero-order valence-electron chi connectivity index (χ0n) is 22.1. The first kappa shape index (κ1) is 26.0. The predicted octanol–water partition coefficient (Wildman–Crippen LogP) is 6.14. The molecule has 0 fully saturated rings. The van der Waals surface area contributed by atoms with Gasteiger partial charge in [0, 0.05) is 48.2 Å². The highest BCUT2D eigenvalue weighted by Gasteiger charge is 2.29. The second kappa shape index (κ2) is 11.4. The van der Waals surface area contributed by atoms with Crippen LogP contribution in [-0.2, 0) is 26.1 Å². The Morgan fingerprint density at radius 3 is 2.55 bits per heavy atom. The lowest BCUT2D eigenvalue weighted by Crippen LogP contribution is -2.37. The first-order chi connectivity index (χ1) is 18.4. The quantitative estimate of drug-likeness (QED) is 0.275. The topological polar surface area (TPSA) is 50.6 Å². The van der Waals surface area contributed by atoms with Crippen LogP contribution in [0.25, 0.3) is 5.69 Å². The maximum Gasteiger partial charge on any atom is 0.254 e. The summed E-state index contributed by atoms with van der Waals surface area (Å²) < 4.78 is 7.70. The molecule has 3 aromatic carbocycles. The van der Waals surface area contributed by atoms with Gasteiger partial charge in [-0.15, -0.1) is 0 Å². The van der Waals surface area contributed by atoms with E-state index in [1.165, 1.54) is 16.8 Å². The summed E-state index contributed by atoms with van der Waals surface area (Å²) in [5.74, 6) is 0.715. The third kappa shape index (κ3) is 5.47. The average molecular weight is 529 g/mol. The first-order valence-corrected chi connectivity index (χ1v) is 13.4. The number of amides is 1. The Balaban J connectivity index is 1.53. The molecule has 0 bridgehead atoms. The normalized spacial score (nSPS) is 13.4. The van der Waals surface area contributed by atoms with Crippen molar-refractivity contribution in [3.63, 3.8) is 0 Å². The van der Waals surface area contributed by atoms with Gasteiger partial charge in [0.25, 0.3) is 5.91 Å². The Kier molecular flexibility index (Phi) is 7.82. The molecule has 38 heavy (non-hydrogen) atoms. The molecule has 1 aromatic heterocycles. The van der Waals surface area contributed by atoms with Gasteiger partial charge in [-0.2, -0.15) is 5.10 Å². The van der Waals surface area contributed by atoms with Crippen molar-refractivity contribution in [1.29, 1.82) is 0 Å². The van der Waals surface area contributed by atoms with Gasteiger partial charge in [0.05, 0.1) is 25.0 Å². The van der Waals surface area contributed by atoms with Crippen molar-refractivity contribution in [2.75, 3.05) is 13.7 Å². The summed E-state index contributed by atoms with van der Waals surface area (Å²) in [4.78, 5) is 17.9. The lowest BCUT2D eigenvalue weighted by molar-refractivity contribution is 0.0686. The van der Waals surface area contributed by atoms with Gasteiger partial charge in [0.15, 0.2) is 0 Å². The van der Waals surface area contributed by atoms with Crippen LogP contribution in [0.15, 0.2) is 78.9 Å². The van der Waals surface area contributed by atoms with Crippen molar-refractivity contribution in [1.82, 2.24) is 19.6 Å². The Bertz CT molecular complexity index is 1420. The zero-order chi connectivity index (χ0) is 26.6. The molecule has 1 aliphatic rings. The van der Waals surface area contributed by atoms with Crippen LogP contribution in [0.1, 0.15) is 46.7 Å². The molecule has 0 atom stereocenters. The molecule has 0 radical (unpaired) electrons. The lowest BCUT2D eigenvalue weighted by atomic mass is 10.0. The first-order valence-electron chi connectivity index (χ1n) is 13.0. The van der Waals surface area contributed by atoms with Crippen LogP contribution in [-0.4, -0.2) is 45.2 Å². The van der Waals surface area contributed by atoms with E-state index in [0.29, 0.717) is 17.1 Å². The molecule has 1 aliphatic heterocycles. The van der Waals surface area contributed by atoms with E-state index in [1.807, 2.05) is 65.9 Å². The number of para-hydroxylation sites is 2. The molecule has 6 nitrogen and oxygen atoms in total. The van der Waals surface area contributed by atoms with Crippen LogP contribution >= 0.6 is 11.6 Å². The lowest BCUT2D eigenvalue weighted by Gasteiger charge is -2.30. The summed E-state index contributed by atoms with van der Waals surface area (Å²) in [6.07, 6.45) is 0.858. The van der Waals surface area contributed by atoms with Gasteiger partial charge < -0.3 is 9.64 Å². The summed E-state index contributed by atoms with van der Waals surface area (Å²) in [6.45, 7) is 7.05. The number of ether oxygens (including phenoxy) is 1. The van der Waals surface area contributed by atoms with E-state index in [-0.39, 0.29) is 11.9 Å². The maximum atomic E-state index is 13.6. The van der Waals surface area contributed by atoms with E-state index in [9.17, 15) is 4.79 Å². The van der Waals surface area contributed by atoms with Gasteiger partial charge in [-0.25, -0.2) is 4.68 Å². The second-order valence-electron chi connectivity index (χ2n) is 9.94. The predicted molar refractivity (Wildman–Crippen MR) is 151 cm³/mol. The summed E-state index contributed by atoms with van der Waals surface area (Å²) >= 11 is 6.21. The monoisotopic (exact) mass is 528 g/mol. The zero-order valence-corrected chi connectivity index (χ0v) is 22.9. The fourth-order valence-electron chi connectivity index (χ4n) is 5.09. The molecule has 1 amide bonds. The number of fused-ring (bicyclic) bond motifs is 1. The van der Waals surface area contributed by atoms with Gasteiger partial charge in [0.1, 0.15) is 11.4 Å². The van der Waals surface area contributed by atoms with E-state index < -0.39 is 0 Å². The highest BCUT2D eigenvalue weighted by Crippen LogP contribution is 2.31. The SMILES string of the molecule is COc1ccccc1-n1nc(CN(C(=O)c2cccc(Cl)c2)C(C)C)c2c1CCN(Cc1ccccc1)C2. The van der Waals surface area contributed by atoms with Gasteiger partial charge in [-0.3, -0.25) is 9.69 Å². The van der Waals surface area contributed by atoms with Crippen LogP contribution in [0.2, 0.25) is 5.02 Å². The van der Waals surface area contributed by atoms with Crippen LogP contribution in [0.5, 0.6) is 5.75 Å². The molecule has 0 spiro atoms. The maximum absolute atomic E-state index is 13.6. The fraction of sp³-hybridized carbons (Fsp3) is 0.290. The number of hydrogen-bond donors (Lipinski definition) is 0. The Morgan fingerprint density at radius 1 is 1.05 bits per heavy atom. The molecule has 0 unspecified atom stereocenters. The van der Waals surface area contributed by atoms with Gasteiger partial charge >= 0.3 is 0 Å². The van der Waals surface area contributed by atoms with Crippen LogP contribution in [0.3, 0.4) is 0 Å². The second-order valence-corrected chi connectivity index (χ2v) is 10.4. The number of halogens is 1. The summed E-state index contributed by atoms with van der Waals surface area (Å²) in [7, 11) is 1.68. The highest BCUT2D eigenvalue weighted by molar-refractivity contribution is 6.30. The molecule has 5 rings (SSSR count). The molecule has 0 saturated heterocycles.